The van der Waals surface area contributed by atoms with Crippen molar-refractivity contribution < 1.29 is 62.5 Å². The number of nitrogens with one attached hydrogen (secondary N) is 3. The summed E-state index contributed by atoms with van der Waals surface area (Å²) in [5.74, 6) is -7.40. The minimum atomic E-state index is -1.02. The second-order valence-corrected chi connectivity index (χ2v) is 12.9. The van der Waals surface area contributed by atoms with E-state index in [1.165, 1.54) is 12.1 Å². The number of fused-ring (bicyclic) bond motifs is 2. The summed E-state index contributed by atoms with van der Waals surface area (Å²) in [4.78, 5) is 120. The Balaban J connectivity index is 0.000000157. The lowest BCUT2D eigenvalue weighted by Crippen LogP contribution is -2.54. The molecule has 18 nitrogen and oxygen atoms in total. The highest BCUT2D eigenvalue weighted by Crippen LogP contribution is 2.33. The second kappa shape index (κ2) is 14.3. The van der Waals surface area contributed by atoms with E-state index in [1.54, 1.807) is 12.1 Å². The number of nitrogens with zero attached hydrogens (tertiary/aromatic N) is 3. The van der Waals surface area contributed by atoms with Crippen LogP contribution in [0.15, 0.2) is 36.4 Å². The molecule has 0 aromatic heterocycles. The molecule has 2 atom stereocenters. The summed E-state index contributed by atoms with van der Waals surface area (Å²) in [6.07, 6.45) is 0.311. The predicted octanol–water partition coefficient (Wildman–Crippen LogP) is -0.874. The van der Waals surface area contributed by atoms with Crippen LogP contribution in [0.4, 0.5) is 10.1 Å². The van der Waals surface area contributed by atoms with Crippen molar-refractivity contribution in [2.24, 2.45) is 11.8 Å². The SMILES string of the molecule is O=C(O)C1CNC1.O=C1CCC(N2C(=O)c3ccc(F)cc3C2=O)C(=O)N1.O=C1CCC(N2C(=O)c3ccc(N4CC(C(=O)O)C4)cc3C2=O)C(=O)N1. The van der Waals surface area contributed by atoms with Crippen molar-refractivity contribution in [3.8, 4) is 0 Å². The van der Waals surface area contributed by atoms with E-state index in [4.69, 9.17) is 10.2 Å². The Bertz CT molecular complexity index is 2010. The van der Waals surface area contributed by atoms with Crippen molar-refractivity contribution in [2.75, 3.05) is 31.1 Å². The highest BCUT2D eigenvalue weighted by atomic mass is 19.1. The zero-order valence-corrected chi connectivity index (χ0v) is 27.6. The molecule has 6 aliphatic heterocycles. The van der Waals surface area contributed by atoms with Gasteiger partial charge in [0.25, 0.3) is 23.6 Å². The van der Waals surface area contributed by atoms with Crippen LogP contribution < -0.4 is 20.9 Å². The van der Waals surface area contributed by atoms with Gasteiger partial charge in [0, 0.05) is 44.7 Å². The fourth-order valence-corrected chi connectivity index (χ4v) is 6.41. The number of piperidine rings is 2. The topological polar surface area (TPSA) is 257 Å². The smallest absolute Gasteiger partial charge is 0.310 e. The van der Waals surface area contributed by atoms with Crippen molar-refractivity contribution in [1.82, 2.24) is 25.8 Å². The summed E-state index contributed by atoms with van der Waals surface area (Å²) in [5.41, 5.74) is 1.07. The molecule has 0 saturated carbocycles. The number of hydrogen-bond donors (Lipinski definition) is 5. The summed E-state index contributed by atoms with van der Waals surface area (Å²) in [7, 11) is 0. The van der Waals surface area contributed by atoms with Gasteiger partial charge in [0.15, 0.2) is 0 Å². The van der Waals surface area contributed by atoms with Gasteiger partial charge in [-0.1, -0.05) is 0 Å². The lowest BCUT2D eigenvalue weighted by Gasteiger charge is -2.38. The van der Waals surface area contributed by atoms with Crippen molar-refractivity contribution in [2.45, 2.75) is 37.8 Å². The van der Waals surface area contributed by atoms with Gasteiger partial charge in [0.2, 0.25) is 23.6 Å². The van der Waals surface area contributed by atoms with E-state index >= 15 is 0 Å². The van der Waals surface area contributed by atoms with Gasteiger partial charge >= 0.3 is 11.9 Å². The number of hydrogen-bond acceptors (Lipinski definition) is 12. The van der Waals surface area contributed by atoms with Crippen LogP contribution in [0, 0.1) is 17.7 Å². The van der Waals surface area contributed by atoms with E-state index in [1.807, 2.05) is 4.90 Å². The van der Waals surface area contributed by atoms with Gasteiger partial charge in [-0.2, -0.15) is 0 Å². The molecule has 276 valence electrons. The van der Waals surface area contributed by atoms with Crippen LogP contribution in [0.3, 0.4) is 0 Å². The van der Waals surface area contributed by atoms with Gasteiger partial charge < -0.3 is 20.4 Å². The minimum absolute atomic E-state index is 0.0537. The van der Waals surface area contributed by atoms with Gasteiger partial charge in [-0.25, -0.2) is 4.39 Å². The van der Waals surface area contributed by atoms with Crippen LogP contribution in [0.1, 0.15) is 67.1 Å². The molecule has 5 N–H and O–H groups in total. The van der Waals surface area contributed by atoms with E-state index in [9.17, 15) is 52.3 Å². The lowest BCUT2D eigenvalue weighted by molar-refractivity contribution is -0.144. The Morgan fingerprint density at radius 1 is 0.623 bits per heavy atom. The largest absolute Gasteiger partial charge is 0.481 e. The first-order valence-corrected chi connectivity index (χ1v) is 16.4. The minimum Gasteiger partial charge on any atom is -0.481 e. The third-order valence-electron chi connectivity index (χ3n) is 9.55. The fourth-order valence-electron chi connectivity index (χ4n) is 6.41. The summed E-state index contributed by atoms with van der Waals surface area (Å²) < 4.78 is 13.2. The normalized spacial score (nSPS) is 22.4. The average Bonchev–Trinajstić information content (AvgIpc) is 3.43. The third-order valence-corrected chi connectivity index (χ3v) is 9.55. The lowest BCUT2D eigenvalue weighted by atomic mass is 9.98. The molecule has 2 unspecified atom stereocenters. The second-order valence-electron chi connectivity index (χ2n) is 12.9. The number of halogens is 1. The maximum absolute atomic E-state index is 13.2. The fraction of sp³-hybridized carbons (Fsp3) is 0.353. The number of carboxylic acid groups (broad SMARTS) is 2. The summed E-state index contributed by atoms with van der Waals surface area (Å²) in [5, 5.41) is 24.3. The van der Waals surface area contributed by atoms with Gasteiger partial charge in [-0.15, -0.1) is 0 Å². The first-order chi connectivity index (χ1) is 25.2. The molecule has 8 rings (SSSR count). The van der Waals surface area contributed by atoms with Crippen LogP contribution in [-0.4, -0.2) is 117 Å². The molecule has 6 heterocycles. The van der Waals surface area contributed by atoms with Crippen molar-refractivity contribution >= 4 is 64.9 Å². The first kappa shape index (κ1) is 36.4. The molecule has 4 saturated heterocycles. The van der Waals surface area contributed by atoms with Gasteiger partial charge in [-0.3, -0.25) is 68.4 Å². The van der Waals surface area contributed by atoms with Crippen molar-refractivity contribution in [3.05, 3.63) is 64.5 Å². The molecular weight excluding hydrogens is 703 g/mol. The Labute approximate surface area is 298 Å². The zero-order chi connectivity index (χ0) is 38.3. The maximum Gasteiger partial charge on any atom is 0.310 e. The molecule has 0 radical (unpaired) electrons. The third kappa shape index (κ3) is 6.97. The van der Waals surface area contributed by atoms with Crippen LogP contribution in [-0.2, 0) is 28.8 Å². The zero-order valence-electron chi connectivity index (χ0n) is 27.6. The van der Waals surface area contributed by atoms with E-state index in [2.05, 4.69) is 16.0 Å². The molecule has 2 aromatic carbocycles. The first-order valence-electron chi connectivity index (χ1n) is 16.4. The molecule has 8 amide bonds. The van der Waals surface area contributed by atoms with Crippen LogP contribution in [0.2, 0.25) is 0 Å². The molecule has 0 aliphatic carbocycles. The van der Waals surface area contributed by atoms with Crippen LogP contribution in [0.25, 0.3) is 0 Å². The predicted molar refractivity (Wildman–Crippen MR) is 174 cm³/mol. The van der Waals surface area contributed by atoms with E-state index in [0.717, 1.165) is 21.9 Å². The number of rotatable bonds is 5. The van der Waals surface area contributed by atoms with E-state index in [0.29, 0.717) is 31.9 Å². The Hall–Kier alpha value is -6.37. The Morgan fingerprint density at radius 2 is 1.08 bits per heavy atom. The molecule has 2 aromatic rings. The molecule has 4 fully saturated rings. The maximum atomic E-state index is 13.2. The number of carbonyl (C=O) groups excluding carboxylic acids is 8. The van der Waals surface area contributed by atoms with Crippen molar-refractivity contribution in [1.29, 1.82) is 0 Å². The quantitative estimate of drug-likeness (QED) is 0.234. The van der Waals surface area contributed by atoms with E-state index in [-0.39, 0.29) is 53.9 Å². The van der Waals surface area contributed by atoms with E-state index < -0.39 is 83.0 Å². The highest BCUT2D eigenvalue weighted by Gasteiger charge is 2.46. The van der Waals surface area contributed by atoms with Crippen LogP contribution >= 0.6 is 0 Å². The average molecular weight is 735 g/mol. The summed E-state index contributed by atoms with van der Waals surface area (Å²) in [6, 6.07) is 5.99. The monoisotopic (exact) mass is 734 g/mol. The molecular formula is C34H31FN6O12. The molecule has 19 heteroatoms. The molecule has 53 heavy (non-hydrogen) atoms. The van der Waals surface area contributed by atoms with Gasteiger partial charge in [0.05, 0.1) is 34.1 Å². The molecule has 0 bridgehead atoms. The molecule has 0 spiro atoms. The number of imide groups is 4. The number of carboxylic acids is 2. The summed E-state index contributed by atoms with van der Waals surface area (Å²) in [6.45, 7) is 1.98. The number of carbonyl (C=O) groups is 10. The highest BCUT2D eigenvalue weighted by molar-refractivity contribution is 6.24. The Kier molecular flexibility index (Phi) is 9.85. The number of anilines is 1. The Morgan fingerprint density at radius 3 is 1.49 bits per heavy atom. The number of benzene rings is 2. The molecule has 6 aliphatic rings. The van der Waals surface area contributed by atoms with Gasteiger partial charge in [-0.05, 0) is 49.2 Å². The van der Waals surface area contributed by atoms with Crippen molar-refractivity contribution in [3.63, 3.8) is 0 Å². The standard InChI is InChI=1S/C17H15N3O6.C13H9FN2O4.C4H7NO2/c21-13-4-3-12(14(22)18-13)20-15(23)10-2-1-9(5-11(10)16(20)24)19-6-8(7-19)17(25)26;14-6-1-2-7-8(5-6)13(20)16(12(7)19)9-3-4-10(17)15-11(9)18;6-4(7)3-1-5-2-3/h1-2,5,8,12H,3-4,6-7H2,(H,25,26)(H,18,21,22);1-2,5,9H,3-4H2,(H,15,17,18);3,5H,1-2H2,(H,6,7). The van der Waals surface area contributed by atoms with Crippen LogP contribution in [0.5, 0.6) is 0 Å². The van der Waals surface area contributed by atoms with Gasteiger partial charge in [0.1, 0.15) is 17.9 Å². The number of aliphatic carboxylic acids is 2. The number of amides is 8. The summed E-state index contributed by atoms with van der Waals surface area (Å²) >= 11 is 0.